The molecule has 1 aliphatic rings. The molecular formula is C33H34FN3O2. The van der Waals surface area contributed by atoms with Crippen LogP contribution in [0.3, 0.4) is 0 Å². The number of piperidine rings is 1. The zero-order chi connectivity index (χ0) is 27.0. The van der Waals surface area contributed by atoms with Crippen molar-refractivity contribution in [3.05, 3.63) is 114 Å². The number of likely N-dealkylation sites (tertiary alicyclic amines) is 1. The van der Waals surface area contributed by atoms with Crippen LogP contribution in [0.25, 0.3) is 17.0 Å². The second kappa shape index (κ2) is 12.7. The van der Waals surface area contributed by atoms with E-state index in [0.29, 0.717) is 18.7 Å². The van der Waals surface area contributed by atoms with Crippen LogP contribution in [0.15, 0.2) is 91.1 Å². The lowest BCUT2D eigenvalue weighted by Gasteiger charge is -2.32. The average Bonchev–Trinajstić information content (AvgIpc) is 2.95. The molecular weight excluding hydrogens is 489 g/mol. The van der Waals surface area contributed by atoms with Crippen LogP contribution in [0.5, 0.6) is 5.75 Å². The van der Waals surface area contributed by atoms with Crippen LogP contribution in [0, 0.1) is 11.7 Å². The normalized spacial score (nSPS) is 15.8. The molecule has 200 valence electrons. The predicted molar refractivity (Wildman–Crippen MR) is 154 cm³/mol. The van der Waals surface area contributed by atoms with Crippen LogP contribution >= 0.6 is 0 Å². The van der Waals surface area contributed by atoms with Gasteiger partial charge in [0.25, 0.3) is 0 Å². The molecule has 1 saturated heterocycles. The second-order valence-corrected chi connectivity index (χ2v) is 10.3. The van der Waals surface area contributed by atoms with Crippen LogP contribution in [-0.4, -0.2) is 47.4 Å². The van der Waals surface area contributed by atoms with Crippen LogP contribution in [-0.2, 0) is 17.9 Å². The van der Waals surface area contributed by atoms with Crippen LogP contribution in [0.4, 0.5) is 4.39 Å². The zero-order valence-electron chi connectivity index (χ0n) is 22.3. The number of rotatable bonds is 9. The van der Waals surface area contributed by atoms with Crippen molar-refractivity contribution < 1.29 is 13.9 Å². The highest BCUT2D eigenvalue weighted by Crippen LogP contribution is 2.21. The Kier molecular flexibility index (Phi) is 8.64. The second-order valence-electron chi connectivity index (χ2n) is 10.3. The molecule has 4 aromatic rings. The summed E-state index contributed by atoms with van der Waals surface area (Å²) in [7, 11) is 2.12. The first-order chi connectivity index (χ1) is 19.0. The van der Waals surface area contributed by atoms with E-state index in [1.54, 1.807) is 18.2 Å². The van der Waals surface area contributed by atoms with E-state index in [1.165, 1.54) is 29.3 Å². The number of pyridine rings is 1. The number of carbonyl (C=O) groups is 1. The Hall–Kier alpha value is -4.03. The zero-order valence-corrected chi connectivity index (χ0v) is 22.3. The van der Waals surface area contributed by atoms with Gasteiger partial charge in [-0.25, -0.2) is 4.39 Å². The van der Waals surface area contributed by atoms with Crippen molar-refractivity contribution >= 4 is 22.9 Å². The molecule has 0 radical (unpaired) electrons. The van der Waals surface area contributed by atoms with Crippen molar-refractivity contribution in [2.75, 3.05) is 26.7 Å². The van der Waals surface area contributed by atoms with Gasteiger partial charge in [-0.1, -0.05) is 36.4 Å². The number of ether oxygens (including phenoxy) is 1. The number of halogens is 1. The van der Waals surface area contributed by atoms with Crippen molar-refractivity contribution in [1.29, 1.82) is 0 Å². The smallest absolute Gasteiger partial charge is 0.246 e. The summed E-state index contributed by atoms with van der Waals surface area (Å²) in [4.78, 5) is 21.3. The maximum Gasteiger partial charge on any atom is 0.246 e. The molecule has 2 heterocycles. The molecule has 1 amide bonds. The molecule has 3 aromatic carbocycles. The third kappa shape index (κ3) is 7.52. The summed E-state index contributed by atoms with van der Waals surface area (Å²) in [5, 5.41) is 1.16. The third-order valence-corrected chi connectivity index (χ3v) is 7.05. The molecule has 0 aliphatic carbocycles. The number of fused-ring (bicyclic) bond motifs is 1. The number of aromatic nitrogens is 1. The molecule has 39 heavy (non-hydrogen) atoms. The predicted octanol–water partition coefficient (Wildman–Crippen LogP) is 6.34. The van der Waals surface area contributed by atoms with Gasteiger partial charge in [0, 0.05) is 49.8 Å². The Morgan fingerprint density at radius 1 is 1.05 bits per heavy atom. The summed E-state index contributed by atoms with van der Waals surface area (Å²) in [5.41, 5.74) is 4.15. The van der Waals surface area contributed by atoms with E-state index in [4.69, 9.17) is 4.74 Å². The standard InChI is InChI=1S/C33H34FN3O2/c1-36(22-27-12-14-32-29(18-27)9-4-16-35-32)21-26-7-3-11-31(20-26)39-24-28-8-5-17-37(23-28)33(38)15-13-25-6-2-10-30(34)19-25/h2-4,6-7,9-16,18-20,28H,5,8,17,21-24H2,1H3/b15-13+/t28-/m1/s1. The lowest BCUT2D eigenvalue weighted by atomic mass is 9.99. The van der Waals surface area contributed by atoms with Gasteiger partial charge in [-0.05, 0) is 85.1 Å². The van der Waals surface area contributed by atoms with Gasteiger partial charge in [0.15, 0.2) is 0 Å². The van der Waals surface area contributed by atoms with Crippen molar-refractivity contribution in [2.24, 2.45) is 5.92 Å². The minimum absolute atomic E-state index is 0.0447. The molecule has 0 bridgehead atoms. The van der Waals surface area contributed by atoms with E-state index in [9.17, 15) is 9.18 Å². The van der Waals surface area contributed by atoms with E-state index >= 15 is 0 Å². The summed E-state index contributed by atoms with van der Waals surface area (Å²) in [5.74, 6) is 0.779. The van der Waals surface area contributed by atoms with Gasteiger partial charge in [0.2, 0.25) is 5.91 Å². The Balaban J connectivity index is 1.11. The lowest BCUT2D eigenvalue weighted by molar-refractivity contribution is -0.127. The number of amides is 1. The first-order valence-corrected chi connectivity index (χ1v) is 13.5. The van der Waals surface area contributed by atoms with Gasteiger partial charge >= 0.3 is 0 Å². The highest BCUT2D eigenvalue weighted by molar-refractivity contribution is 5.91. The largest absolute Gasteiger partial charge is 0.493 e. The molecule has 1 aliphatic heterocycles. The maximum atomic E-state index is 13.4. The molecule has 1 aromatic heterocycles. The van der Waals surface area contributed by atoms with Gasteiger partial charge in [0.05, 0.1) is 12.1 Å². The molecule has 5 nitrogen and oxygen atoms in total. The maximum absolute atomic E-state index is 13.4. The summed E-state index contributed by atoms with van der Waals surface area (Å²) >= 11 is 0. The number of carbonyl (C=O) groups excluding carboxylic acids is 1. The summed E-state index contributed by atoms with van der Waals surface area (Å²) in [6.45, 7) is 3.62. The monoisotopic (exact) mass is 523 g/mol. The van der Waals surface area contributed by atoms with Crippen molar-refractivity contribution in [3.63, 3.8) is 0 Å². The first-order valence-electron chi connectivity index (χ1n) is 13.5. The van der Waals surface area contributed by atoms with Gasteiger partial charge in [-0.15, -0.1) is 0 Å². The van der Waals surface area contributed by atoms with Crippen LogP contribution < -0.4 is 4.74 Å². The average molecular weight is 524 g/mol. The number of hydrogen-bond acceptors (Lipinski definition) is 4. The third-order valence-electron chi connectivity index (χ3n) is 7.05. The van der Waals surface area contributed by atoms with E-state index in [2.05, 4.69) is 53.3 Å². The Morgan fingerprint density at radius 3 is 2.77 bits per heavy atom. The molecule has 6 heteroatoms. The molecule has 0 saturated carbocycles. The Morgan fingerprint density at radius 2 is 1.90 bits per heavy atom. The molecule has 0 spiro atoms. The fourth-order valence-corrected chi connectivity index (χ4v) is 5.13. The van der Waals surface area contributed by atoms with Crippen molar-refractivity contribution in [1.82, 2.24) is 14.8 Å². The highest BCUT2D eigenvalue weighted by Gasteiger charge is 2.23. The highest BCUT2D eigenvalue weighted by atomic mass is 19.1. The molecule has 1 atom stereocenters. The van der Waals surface area contributed by atoms with Crippen LogP contribution in [0.2, 0.25) is 0 Å². The molecule has 0 unspecified atom stereocenters. The van der Waals surface area contributed by atoms with E-state index in [-0.39, 0.29) is 17.6 Å². The van der Waals surface area contributed by atoms with Crippen LogP contribution in [0.1, 0.15) is 29.5 Å². The minimum atomic E-state index is -0.307. The Bertz CT molecular complexity index is 1450. The van der Waals surface area contributed by atoms with Crippen molar-refractivity contribution in [3.8, 4) is 5.75 Å². The quantitative estimate of drug-likeness (QED) is 0.240. The molecule has 5 rings (SSSR count). The van der Waals surface area contributed by atoms with Crippen molar-refractivity contribution in [2.45, 2.75) is 25.9 Å². The van der Waals surface area contributed by atoms with E-state index < -0.39 is 0 Å². The number of benzene rings is 3. The number of hydrogen-bond donors (Lipinski definition) is 0. The molecule has 0 N–H and O–H groups in total. The topological polar surface area (TPSA) is 45.7 Å². The van der Waals surface area contributed by atoms with E-state index in [0.717, 1.165) is 49.1 Å². The fraction of sp³-hybridized carbons (Fsp3) is 0.273. The van der Waals surface area contributed by atoms with Gasteiger partial charge in [-0.3, -0.25) is 14.7 Å². The van der Waals surface area contributed by atoms with Gasteiger partial charge < -0.3 is 9.64 Å². The number of nitrogens with zero attached hydrogens (tertiary/aromatic N) is 3. The minimum Gasteiger partial charge on any atom is -0.493 e. The summed E-state index contributed by atoms with van der Waals surface area (Å²) in [6, 6.07) is 25.0. The lowest BCUT2D eigenvalue weighted by Crippen LogP contribution is -2.40. The SMILES string of the molecule is CN(Cc1cccc(OC[C@@H]2CCCN(C(=O)/C=C/c3cccc(F)c3)C2)c1)Cc1ccc2ncccc2c1. The molecule has 1 fully saturated rings. The summed E-state index contributed by atoms with van der Waals surface area (Å²) < 4.78 is 19.6. The first kappa shape index (κ1) is 26.6. The fourth-order valence-electron chi connectivity index (χ4n) is 5.13. The van der Waals surface area contributed by atoms with E-state index in [1.807, 2.05) is 29.3 Å². The summed E-state index contributed by atoms with van der Waals surface area (Å²) in [6.07, 6.45) is 7.00. The van der Waals surface area contributed by atoms with Gasteiger partial charge in [0.1, 0.15) is 11.6 Å². The van der Waals surface area contributed by atoms with Gasteiger partial charge in [-0.2, -0.15) is 0 Å². The Labute approximate surface area is 229 Å².